The molecule has 0 atom stereocenters. The number of nitrogens with zero attached hydrogens (tertiary/aromatic N) is 2. The lowest BCUT2D eigenvalue weighted by atomic mass is 10.1. The number of aromatic nitrogens is 2. The van der Waals surface area contributed by atoms with Gasteiger partial charge in [0.1, 0.15) is 18.9 Å². The van der Waals surface area contributed by atoms with Crippen LogP contribution in [0.5, 0.6) is 11.5 Å². The SMILES string of the molecule is NCc1c(-c2ccc3c(c2)OCCO3)nc2ccccn12. The van der Waals surface area contributed by atoms with Crippen LogP contribution in [-0.4, -0.2) is 22.6 Å². The second kappa shape index (κ2) is 4.79. The Morgan fingerprint density at radius 1 is 1.10 bits per heavy atom. The van der Waals surface area contributed by atoms with Crippen molar-refractivity contribution in [3.63, 3.8) is 0 Å². The van der Waals surface area contributed by atoms with E-state index in [4.69, 9.17) is 15.2 Å². The molecule has 2 aromatic heterocycles. The Morgan fingerprint density at radius 3 is 2.81 bits per heavy atom. The van der Waals surface area contributed by atoms with Crippen LogP contribution in [-0.2, 0) is 6.54 Å². The average molecular weight is 281 g/mol. The van der Waals surface area contributed by atoms with E-state index in [-0.39, 0.29) is 0 Å². The van der Waals surface area contributed by atoms with Crippen LogP contribution < -0.4 is 15.2 Å². The minimum Gasteiger partial charge on any atom is -0.486 e. The summed E-state index contributed by atoms with van der Waals surface area (Å²) in [5.74, 6) is 1.54. The van der Waals surface area contributed by atoms with Gasteiger partial charge in [-0.3, -0.25) is 0 Å². The van der Waals surface area contributed by atoms with Gasteiger partial charge in [-0.1, -0.05) is 6.07 Å². The maximum absolute atomic E-state index is 5.92. The summed E-state index contributed by atoms with van der Waals surface area (Å²) in [4.78, 5) is 4.69. The molecule has 1 aromatic carbocycles. The predicted molar refractivity (Wildman–Crippen MR) is 79.5 cm³/mol. The number of fused-ring (bicyclic) bond motifs is 2. The first kappa shape index (κ1) is 12.2. The molecule has 0 amide bonds. The zero-order valence-corrected chi connectivity index (χ0v) is 11.5. The summed E-state index contributed by atoms with van der Waals surface area (Å²) in [6.45, 7) is 1.59. The highest BCUT2D eigenvalue weighted by Gasteiger charge is 2.17. The van der Waals surface area contributed by atoms with Crippen molar-refractivity contribution in [2.24, 2.45) is 5.73 Å². The van der Waals surface area contributed by atoms with Crippen molar-refractivity contribution in [3.8, 4) is 22.8 Å². The van der Waals surface area contributed by atoms with Crippen LogP contribution in [0.25, 0.3) is 16.9 Å². The van der Waals surface area contributed by atoms with Crippen molar-refractivity contribution in [1.82, 2.24) is 9.38 Å². The Labute approximate surface area is 121 Å². The third-order valence-electron chi connectivity index (χ3n) is 3.64. The van der Waals surface area contributed by atoms with Crippen molar-refractivity contribution in [3.05, 3.63) is 48.3 Å². The van der Waals surface area contributed by atoms with E-state index in [2.05, 4.69) is 4.98 Å². The summed E-state index contributed by atoms with van der Waals surface area (Å²) in [5.41, 5.74) is 9.68. The maximum Gasteiger partial charge on any atom is 0.162 e. The Hall–Kier alpha value is -2.53. The fourth-order valence-electron chi connectivity index (χ4n) is 2.66. The summed E-state index contributed by atoms with van der Waals surface area (Å²) in [6, 6.07) is 11.8. The minimum atomic E-state index is 0.426. The number of rotatable bonds is 2. The summed E-state index contributed by atoms with van der Waals surface area (Å²) in [6.07, 6.45) is 1.98. The number of nitrogens with two attached hydrogens (primary N) is 1. The fourth-order valence-corrected chi connectivity index (χ4v) is 2.66. The van der Waals surface area contributed by atoms with E-state index in [9.17, 15) is 0 Å². The molecule has 2 N–H and O–H groups in total. The van der Waals surface area contributed by atoms with Gasteiger partial charge in [0, 0.05) is 18.3 Å². The highest BCUT2D eigenvalue weighted by molar-refractivity contribution is 5.69. The van der Waals surface area contributed by atoms with Crippen LogP contribution in [0.4, 0.5) is 0 Å². The van der Waals surface area contributed by atoms with Crippen molar-refractivity contribution in [2.75, 3.05) is 13.2 Å². The Kier molecular flexibility index (Phi) is 2.79. The molecule has 5 nitrogen and oxygen atoms in total. The van der Waals surface area contributed by atoms with E-state index in [0.29, 0.717) is 19.8 Å². The lowest BCUT2D eigenvalue weighted by molar-refractivity contribution is 0.171. The molecule has 0 fully saturated rings. The normalized spacial score (nSPS) is 13.6. The topological polar surface area (TPSA) is 61.8 Å². The zero-order chi connectivity index (χ0) is 14.2. The van der Waals surface area contributed by atoms with E-state index < -0.39 is 0 Å². The average Bonchev–Trinajstić information content (AvgIpc) is 2.93. The van der Waals surface area contributed by atoms with Gasteiger partial charge in [0.25, 0.3) is 0 Å². The quantitative estimate of drug-likeness (QED) is 0.782. The predicted octanol–water partition coefficient (Wildman–Crippen LogP) is 2.23. The molecule has 0 aliphatic carbocycles. The van der Waals surface area contributed by atoms with Gasteiger partial charge in [-0.15, -0.1) is 0 Å². The van der Waals surface area contributed by atoms with E-state index in [1.165, 1.54) is 0 Å². The Balaban J connectivity index is 1.89. The van der Waals surface area contributed by atoms with Gasteiger partial charge in [0.2, 0.25) is 0 Å². The molecule has 3 aromatic rings. The minimum absolute atomic E-state index is 0.426. The number of benzene rings is 1. The van der Waals surface area contributed by atoms with Crippen LogP contribution in [0.1, 0.15) is 5.69 Å². The van der Waals surface area contributed by atoms with Gasteiger partial charge < -0.3 is 19.6 Å². The Bertz CT molecular complexity index is 810. The summed E-state index contributed by atoms with van der Waals surface area (Å²) in [7, 11) is 0. The molecule has 3 heterocycles. The molecule has 1 aliphatic heterocycles. The molecular weight excluding hydrogens is 266 g/mol. The third-order valence-corrected chi connectivity index (χ3v) is 3.64. The molecule has 0 saturated carbocycles. The van der Waals surface area contributed by atoms with Crippen LogP contribution in [0.3, 0.4) is 0 Å². The number of ether oxygens (including phenoxy) is 2. The first-order valence-corrected chi connectivity index (χ1v) is 6.93. The molecule has 106 valence electrons. The van der Waals surface area contributed by atoms with Gasteiger partial charge in [0.05, 0.1) is 11.4 Å². The third kappa shape index (κ3) is 1.94. The Morgan fingerprint density at radius 2 is 1.95 bits per heavy atom. The van der Waals surface area contributed by atoms with Crippen molar-refractivity contribution >= 4 is 5.65 Å². The van der Waals surface area contributed by atoms with Gasteiger partial charge in [-0.2, -0.15) is 0 Å². The molecule has 0 spiro atoms. The lowest BCUT2D eigenvalue weighted by Crippen LogP contribution is -2.15. The number of pyridine rings is 1. The second-order valence-electron chi connectivity index (χ2n) is 4.90. The second-order valence-corrected chi connectivity index (χ2v) is 4.90. The molecule has 1 aliphatic rings. The maximum atomic E-state index is 5.92. The molecule has 4 rings (SSSR count). The van der Waals surface area contributed by atoms with Gasteiger partial charge in [0.15, 0.2) is 11.5 Å². The number of hydrogen-bond acceptors (Lipinski definition) is 4. The van der Waals surface area contributed by atoms with E-state index in [1.54, 1.807) is 0 Å². The van der Waals surface area contributed by atoms with Crippen LogP contribution >= 0.6 is 0 Å². The number of imidazole rings is 1. The van der Waals surface area contributed by atoms with E-state index in [0.717, 1.165) is 34.1 Å². The molecule has 0 saturated heterocycles. The van der Waals surface area contributed by atoms with E-state index >= 15 is 0 Å². The molecule has 0 unspecified atom stereocenters. The zero-order valence-electron chi connectivity index (χ0n) is 11.5. The number of hydrogen-bond donors (Lipinski definition) is 1. The molecule has 5 heteroatoms. The van der Waals surface area contributed by atoms with Crippen LogP contribution in [0.15, 0.2) is 42.6 Å². The lowest BCUT2D eigenvalue weighted by Gasteiger charge is -2.18. The van der Waals surface area contributed by atoms with Crippen molar-refractivity contribution in [2.45, 2.75) is 6.54 Å². The van der Waals surface area contributed by atoms with Crippen molar-refractivity contribution in [1.29, 1.82) is 0 Å². The fraction of sp³-hybridized carbons (Fsp3) is 0.188. The largest absolute Gasteiger partial charge is 0.486 e. The van der Waals surface area contributed by atoms with Crippen LogP contribution in [0.2, 0.25) is 0 Å². The molecule has 0 radical (unpaired) electrons. The van der Waals surface area contributed by atoms with Gasteiger partial charge in [-0.05, 0) is 30.3 Å². The van der Waals surface area contributed by atoms with E-state index in [1.807, 2.05) is 47.0 Å². The van der Waals surface area contributed by atoms with Gasteiger partial charge >= 0.3 is 0 Å². The summed E-state index contributed by atoms with van der Waals surface area (Å²) in [5, 5.41) is 0. The smallest absolute Gasteiger partial charge is 0.162 e. The standard InChI is InChI=1S/C16H15N3O2/c17-10-12-16(18-15-3-1-2-6-19(12)15)11-4-5-13-14(9-11)21-8-7-20-13/h1-6,9H,7-8,10,17H2. The molecule has 21 heavy (non-hydrogen) atoms. The summed E-state index contributed by atoms with van der Waals surface area (Å²) < 4.78 is 13.2. The van der Waals surface area contributed by atoms with Crippen LogP contribution in [0, 0.1) is 0 Å². The molecule has 0 bridgehead atoms. The summed E-state index contributed by atoms with van der Waals surface area (Å²) >= 11 is 0. The monoisotopic (exact) mass is 281 g/mol. The van der Waals surface area contributed by atoms with Crippen molar-refractivity contribution < 1.29 is 9.47 Å². The first-order valence-electron chi connectivity index (χ1n) is 6.93. The van der Waals surface area contributed by atoms with Gasteiger partial charge in [-0.25, -0.2) is 4.98 Å². The highest BCUT2D eigenvalue weighted by Crippen LogP contribution is 2.35. The highest BCUT2D eigenvalue weighted by atomic mass is 16.6. The first-order chi connectivity index (χ1) is 10.4. The molecular formula is C16H15N3O2.